The Balaban J connectivity index is 1.52. The van der Waals surface area contributed by atoms with E-state index in [1.54, 1.807) is 4.90 Å². The Kier molecular flexibility index (Phi) is 7.77. The van der Waals surface area contributed by atoms with Crippen molar-refractivity contribution in [3.8, 4) is 11.1 Å². The number of carbonyl (C=O) groups is 2. The summed E-state index contributed by atoms with van der Waals surface area (Å²) in [4.78, 5) is 26.2. The number of anilines is 1. The van der Waals surface area contributed by atoms with Gasteiger partial charge < -0.3 is 14.4 Å². The maximum atomic E-state index is 13.8. The summed E-state index contributed by atoms with van der Waals surface area (Å²) in [5.74, 6) is -0.225. The summed E-state index contributed by atoms with van der Waals surface area (Å²) >= 11 is 3.38. The highest BCUT2D eigenvalue weighted by Gasteiger charge is 2.27. The van der Waals surface area contributed by atoms with Crippen molar-refractivity contribution in [3.63, 3.8) is 0 Å². The highest BCUT2D eigenvalue weighted by Crippen LogP contribution is 2.30. The Bertz CT molecular complexity index is 951. The standard InChI is InChI=1S/C24H28BrFN2O4/c1-24(2,3)32-23(30)28-12-10-16(11-13-28)15-31-22(29)27-21-9-8-19(26)14-20(21)17-4-6-18(25)7-5-17/h4-9,14,16H,10-13,15H2,1-3H3,(H,27,29). The molecule has 0 aliphatic carbocycles. The van der Waals surface area contributed by atoms with Gasteiger partial charge in [0.1, 0.15) is 11.4 Å². The Labute approximate surface area is 196 Å². The summed E-state index contributed by atoms with van der Waals surface area (Å²) in [6.07, 6.45) is 0.552. The highest BCUT2D eigenvalue weighted by atomic mass is 79.9. The number of halogens is 2. The molecule has 172 valence electrons. The Hall–Kier alpha value is -2.61. The fourth-order valence-electron chi connectivity index (χ4n) is 3.44. The molecule has 1 aliphatic rings. The quantitative estimate of drug-likeness (QED) is 0.517. The molecule has 1 aliphatic heterocycles. The molecule has 3 rings (SSSR count). The van der Waals surface area contributed by atoms with Crippen LogP contribution in [0.4, 0.5) is 19.7 Å². The average Bonchev–Trinajstić information content (AvgIpc) is 2.73. The summed E-state index contributed by atoms with van der Waals surface area (Å²) < 4.78 is 25.6. The molecule has 0 unspecified atom stereocenters. The minimum absolute atomic E-state index is 0.165. The van der Waals surface area contributed by atoms with Crippen LogP contribution in [-0.2, 0) is 9.47 Å². The first-order valence-corrected chi connectivity index (χ1v) is 11.4. The molecule has 2 aromatic carbocycles. The molecule has 0 atom stereocenters. The highest BCUT2D eigenvalue weighted by molar-refractivity contribution is 9.10. The summed E-state index contributed by atoms with van der Waals surface area (Å²) in [5, 5.41) is 2.72. The SMILES string of the molecule is CC(C)(C)OC(=O)N1CCC(COC(=O)Nc2ccc(F)cc2-c2ccc(Br)cc2)CC1. The van der Waals surface area contributed by atoms with Gasteiger partial charge in [0, 0.05) is 23.1 Å². The van der Waals surface area contributed by atoms with Gasteiger partial charge in [-0.3, -0.25) is 5.32 Å². The molecule has 8 heteroatoms. The molecular formula is C24H28BrFN2O4. The van der Waals surface area contributed by atoms with Crippen molar-refractivity contribution in [1.82, 2.24) is 4.90 Å². The predicted molar refractivity (Wildman–Crippen MR) is 125 cm³/mol. The van der Waals surface area contributed by atoms with E-state index >= 15 is 0 Å². The van der Waals surface area contributed by atoms with Crippen molar-refractivity contribution in [2.75, 3.05) is 25.0 Å². The third kappa shape index (κ3) is 6.95. The monoisotopic (exact) mass is 506 g/mol. The number of likely N-dealkylation sites (tertiary alicyclic amines) is 1. The van der Waals surface area contributed by atoms with Crippen LogP contribution in [0.2, 0.25) is 0 Å². The van der Waals surface area contributed by atoms with Gasteiger partial charge in [-0.2, -0.15) is 0 Å². The summed E-state index contributed by atoms with van der Waals surface area (Å²) in [5.41, 5.74) is 1.29. The number of hydrogen-bond acceptors (Lipinski definition) is 4. The fraction of sp³-hybridized carbons (Fsp3) is 0.417. The number of piperidine rings is 1. The van der Waals surface area contributed by atoms with E-state index in [0.29, 0.717) is 24.3 Å². The van der Waals surface area contributed by atoms with Gasteiger partial charge in [-0.05, 0) is 75.4 Å². The minimum atomic E-state index is -0.593. The van der Waals surface area contributed by atoms with Crippen LogP contribution in [-0.4, -0.2) is 42.4 Å². The average molecular weight is 507 g/mol. The predicted octanol–water partition coefficient (Wildman–Crippen LogP) is 6.45. The number of ether oxygens (including phenoxy) is 2. The molecule has 0 aromatic heterocycles. The van der Waals surface area contributed by atoms with Crippen molar-refractivity contribution in [2.45, 2.75) is 39.2 Å². The maximum absolute atomic E-state index is 13.8. The second-order valence-electron chi connectivity index (χ2n) is 8.83. The lowest BCUT2D eigenvalue weighted by Crippen LogP contribution is -2.42. The summed E-state index contributed by atoms with van der Waals surface area (Å²) in [6.45, 7) is 6.91. The molecule has 1 heterocycles. The van der Waals surface area contributed by atoms with Gasteiger partial charge in [0.15, 0.2) is 0 Å². The Morgan fingerprint density at radius 1 is 1.12 bits per heavy atom. The zero-order valence-electron chi connectivity index (χ0n) is 18.5. The molecule has 2 aromatic rings. The first kappa shape index (κ1) is 24.0. The lowest BCUT2D eigenvalue weighted by Gasteiger charge is -2.33. The van der Waals surface area contributed by atoms with Crippen molar-refractivity contribution < 1.29 is 23.5 Å². The zero-order valence-corrected chi connectivity index (χ0v) is 20.1. The number of rotatable bonds is 4. The van der Waals surface area contributed by atoms with Crippen molar-refractivity contribution in [1.29, 1.82) is 0 Å². The van der Waals surface area contributed by atoms with Gasteiger partial charge in [0.2, 0.25) is 0 Å². The number of hydrogen-bond donors (Lipinski definition) is 1. The van der Waals surface area contributed by atoms with Gasteiger partial charge in [0.25, 0.3) is 0 Å². The van der Waals surface area contributed by atoms with Crippen LogP contribution in [0.25, 0.3) is 11.1 Å². The topological polar surface area (TPSA) is 67.9 Å². The first-order chi connectivity index (χ1) is 15.1. The first-order valence-electron chi connectivity index (χ1n) is 10.6. The molecule has 0 spiro atoms. The van der Waals surface area contributed by atoms with Crippen LogP contribution in [0.15, 0.2) is 46.9 Å². The van der Waals surface area contributed by atoms with Crippen LogP contribution in [0.5, 0.6) is 0 Å². The lowest BCUT2D eigenvalue weighted by atomic mass is 9.98. The van der Waals surface area contributed by atoms with Crippen LogP contribution in [0, 0.1) is 11.7 Å². The molecule has 0 bridgehead atoms. The number of nitrogens with one attached hydrogen (secondary N) is 1. The van der Waals surface area contributed by atoms with Crippen molar-refractivity contribution in [3.05, 3.63) is 52.8 Å². The smallest absolute Gasteiger partial charge is 0.411 e. The molecule has 1 N–H and O–H groups in total. The molecule has 0 saturated carbocycles. The Morgan fingerprint density at radius 3 is 2.41 bits per heavy atom. The minimum Gasteiger partial charge on any atom is -0.449 e. The third-order valence-corrected chi connectivity index (χ3v) is 5.62. The fourth-order valence-corrected chi connectivity index (χ4v) is 3.71. The Morgan fingerprint density at radius 2 is 1.78 bits per heavy atom. The number of carbonyl (C=O) groups excluding carboxylic acids is 2. The number of benzene rings is 2. The van der Waals surface area contributed by atoms with E-state index in [0.717, 1.165) is 22.9 Å². The number of amides is 2. The van der Waals surface area contributed by atoms with E-state index in [1.165, 1.54) is 18.2 Å². The lowest BCUT2D eigenvalue weighted by molar-refractivity contribution is 0.0153. The van der Waals surface area contributed by atoms with E-state index in [9.17, 15) is 14.0 Å². The zero-order chi connectivity index (χ0) is 23.3. The van der Waals surface area contributed by atoms with E-state index in [2.05, 4.69) is 21.2 Å². The largest absolute Gasteiger partial charge is 0.449 e. The van der Waals surface area contributed by atoms with Crippen LogP contribution < -0.4 is 5.32 Å². The van der Waals surface area contributed by atoms with E-state index in [1.807, 2.05) is 45.0 Å². The molecule has 6 nitrogen and oxygen atoms in total. The van der Waals surface area contributed by atoms with Gasteiger partial charge in [-0.15, -0.1) is 0 Å². The summed E-state index contributed by atoms with van der Waals surface area (Å²) in [6, 6.07) is 11.6. The van der Waals surface area contributed by atoms with E-state index < -0.39 is 17.5 Å². The molecule has 2 amide bonds. The number of nitrogens with zero attached hydrogens (tertiary/aromatic N) is 1. The second kappa shape index (κ2) is 10.3. The van der Waals surface area contributed by atoms with Crippen molar-refractivity contribution in [2.24, 2.45) is 5.92 Å². The van der Waals surface area contributed by atoms with Crippen LogP contribution >= 0.6 is 15.9 Å². The maximum Gasteiger partial charge on any atom is 0.411 e. The van der Waals surface area contributed by atoms with Crippen LogP contribution in [0.3, 0.4) is 0 Å². The van der Waals surface area contributed by atoms with Gasteiger partial charge in [0.05, 0.1) is 12.3 Å². The second-order valence-corrected chi connectivity index (χ2v) is 9.75. The van der Waals surface area contributed by atoms with Crippen LogP contribution in [0.1, 0.15) is 33.6 Å². The summed E-state index contributed by atoms with van der Waals surface area (Å²) in [7, 11) is 0. The third-order valence-electron chi connectivity index (χ3n) is 5.09. The van der Waals surface area contributed by atoms with E-state index in [4.69, 9.17) is 9.47 Å². The van der Waals surface area contributed by atoms with Gasteiger partial charge in [-0.25, -0.2) is 14.0 Å². The molecule has 32 heavy (non-hydrogen) atoms. The normalized spacial score (nSPS) is 14.7. The van der Waals surface area contributed by atoms with Crippen molar-refractivity contribution >= 4 is 33.8 Å². The molecule has 0 radical (unpaired) electrons. The van der Waals surface area contributed by atoms with Gasteiger partial charge in [-0.1, -0.05) is 28.1 Å². The van der Waals surface area contributed by atoms with Gasteiger partial charge >= 0.3 is 12.2 Å². The molecule has 1 saturated heterocycles. The molecular weight excluding hydrogens is 479 g/mol. The van der Waals surface area contributed by atoms with E-state index in [-0.39, 0.29) is 18.6 Å². The molecule has 1 fully saturated rings.